The first-order chi connectivity index (χ1) is 9.19. The molecule has 20 heavy (non-hydrogen) atoms. The van der Waals surface area contributed by atoms with Gasteiger partial charge < -0.3 is 20.3 Å². The summed E-state index contributed by atoms with van der Waals surface area (Å²) in [5.41, 5.74) is -0.390. The lowest BCUT2D eigenvalue weighted by molar-refractivity contribution is 0.0109. The zero-order chi connectivity index (χ0) is 15.3. The van der Waals surface area contributed by atoms with Crippen LogP contribution in [-0.4, -0.2) is 39.5 Å². The van der Waals surface area contributed by atoms with Crippen LogP contribution in [0.25, 0.3) is 0 Å². The second-order valence-electron chi connectivity index (χ2n) is 5.28. The molecule has 0 aliphatic heterocycles. The molecule has 7 heteroatoms. The number of halogens is 1. The van der Waals surface area contributed by atoms with Gasteiger partial charge in [0.05, 0.1) is 5.69 Å². The molecule has 0 aromatic carbocycles. The average molecular weight is 303 g/mol. The molecule has 0 spiro atoms. The van der Waals surface area contributed by atoms with E-state index in [9.17, 15) is 15.0 Å². The average Bonchev–Trinajstić information content (AvgIpc) is 2.33. The van der Waals surface area contributed by atoms with Gasteiger partial charge in [0.2, 0.25) is 0 Å². The third-order valence-corrected chi connectivity index (χ3v) is 2.47. The number of pyridine rings is 1. The maximum Gasteiger partial charge on any atom is 0.407 e. The number of nitrogens with one attached hydrogen (secondary N) is 1. The van der Waals surface area contributed by atoms with Gasteiger partial charge in [0.15, 0.2) is 0 Å². The van der Waals surface area contributed by atoms with Crippen molar-refractivity contribution in [2.75, 3.05) is 6.54 Å². The van der Waals surface area contributed by atoms with Crippen LogP contribution in [-0.2, 0) is 4.74 Å². The number of aliphatic hydroxyl groups excluding tert-OH is 2. The van der Waals surface area contributed by atoms with Gasteiger partial charge in [-0.3, -0.25) is 0 Å². The molecule has 0 saturated heterocycles. The Morgan fingerprint density at radius 2 is 2.10 bits per heavy atom. The van der Waals surface area contributed by atoms with Crippen LogP contribution in [0.2, 0.25) is 5.15 Å². The minimum atomic E-state index is -1.25. The number of hydrogen-bond donors (Lipinski definition) is 3. The van der Waals surface area contributed by atoms with E-state index in [1.165, 1.54) is 6.07 Å². The highest BCUT2D eigenvalue weighted by Crippen LogP contribution is 2.16. The topological polar surface area (TPSA) is 91.7 Å². The number of ether oxygens (including phenoxy) is 1. The Kier molecular flexibility index (Phi) is 5.74. The van der Waals surface area contributed by atoms with E-state index in [2.05, 4.69) is 10.3 Å². The highest BCUT2D eigenvalue weighted by atomic mass is 35.5. The van der Waals surface area contributed by atoms with Gasteiger partial charge in [0.1, 0.15) is 23.0 Å². The van der Waals surface area contributed by atoms with Crippen molar-refractivity contribution in [3.05, 3.63) is 29.0 Å². The van der Waals surface area contributed by atoms with Crippen LogP contribution >= 0.6 is 11.6 Å². The molecule has 3 N–H and O–H groups in total. The molecule has 0 aliphatic rings. The van der Waals surface area contributed by atoms with Crippen LogP contribution < -0.4 is 5.32 Å². The van der Waals surface area contributed by atoms with Crippen molar-refractivity contribution >= 4 is 17.7 Å². The molecule has 0 bridgehead atoms. The molecule has 112 valence electrons. The normalized spacial score (nSPS) is 14.5. The van der Waals surface area contributed by atoms with E-state index in [1.807, 2.05) is 0 Å². The summed E-state index contributed by atoms with van der Waals surface area (Å²) in [4.78, 5) is 15.3. The molecular formula is C13H19ClN2O4. The van der Waals surface area contributed by atoms with Gasteiger partial charge in [-0.2, -0.15) is 0 Å². The van der Waals surface area contributed by atoms with Gasteiger partial charge in [0.25, 0.3) is 0 Å². The van der Waals surface area contributed by atoms with Crippen molar-refractivity contribution in [3.63, 3.8) is 0 Å². The lowest BCUT2D eigenvalue weighted by Gasteiger charge is -2.22. The van der Waals surface area contributed by atoms with Crippen molar-refractivity contribution < 1.29 is 19.7 Å². The van der Waals surface area contributed by atoms with Gasteiger partial charge in [-0.1, -0.05) is 17.7 Å². The highest BCUT2D eigenvalue weighted by molar-refractivity contribution is 6.29. The number of alkyl carbamates (subject to hydrolysis) is 1. The van der Waals surface area contributed by atoms with Crippen LogP contribution in [0.5, 0.6) is 0 Å². The lowest BCUT2D eigenvalue weighted by atomic mass is 10.1. The van der Waals surface area contributed by atoms with Gasteiger partial charge in [-0.15, -0.1) is 0 Å². The first kappa shape index (κ1) is 16.7. The number of rotatable bonds is 4. The Balaban J connectivity index is 2.50. The number of carbonyl (C=O) groups excluding carboxylic acids is 1. The van der Waals surface area contributed by atoms with Crippen LogP contribution in [0.3, 0.4) is 0 Å². The molecule has 6 nitrogen and oxygen atoms in total. The summed E-state index contributed by atoms with van der Waals surface area (Å²) in [6.45, 7) is 5.03. The second kappa shape index (κ2) is 6.88. The minimum Gasteiger partial charge on any atom is -0.444 e. The molecular weight excluding hydrogens is 284 g/mol. The van der Waals surface area contributed by atoms with Crippen LogP contribution in [0.1, 0.15) is 32.6 Å². The maximum atomic E-state index is 11.4. The molecule has 1 amide bonds. The summed E-state index contributed by atoms with van der Waals surface area (Å²) >= 11 is 5.70. The highest BCUT2D eigenvalue weighted by Gasteiger charge is 2.22. The third kappa shape index (κ3) is 5.73. The zero-order valence-electron chi connectivity index (χ0n) is 11.6. The smallest absolute Gasteiger partial charge is 0.407 e. The third-order valence-electron chi connectivity index (χ3n) is 2.26. The number of aliphatic hydroxyl groups is 2. The molecule has 0 aliphatic carbocycles. The summed E-state index contributed by atoms with van der Waals surface area (Å²) in [5.74, 6) is 0. The number of amides is 1. The molecule has 1 heterocycles. The quantitative estimate of drug-likeness (QED) is 0.736. The fourth-order valence-electron chi connectivity index (χ4n) is 1.40. The van der Waals surface area contributed by atoms with Crippen molar-refractivity contribution in [1.82, 2.24) is 10.3 Å². The van der Waals surface area contributed by atoms with Crippen LogP contribution in [0.4, 0.5) is 4.79 Å². The summed E-state index contributed by atoms with van der Waals surface area (Å²) in [7, 11) is 0. The van der Waals surface area contributed by atoms with Gasteiger partial charge in [-0.25, -0.2) is 9.78 Å². The molecule has 0 radical (unpaired) electrons. The van der Waals surface area contributed by atoms with E-state index >= 15 is 0 Å². The van der Waals surface area contributed by atoms with Crippen molar-refractivity contribution in [2.45, 2.75) is 38.6 Å². The van der Waals surface area contributed by atoms with E-state index in [-0.39, 0.29) is 17.4 Å². The molecule has 0 fully saturated rings. The lowest BCUT2D eigenvalue weighted by Crippen LogP contribution is -2.39. The molecule has 1 aromatic heterocycles. The summed E-state index contributed by atoms with van der Waals surface area (Å²) in [6.07, 6.45) is -3.13. The number of aromatic nitrogens is 1. The fourth-order valence-corrected chi connectivity index (χ4v) is 1.57. The molecule has 2 atom stereocenters. The van der Waals surface area contributed by atoms with E-state index in [4.69, 9.17) is 16.3 Å². The Hall–Kier alpha value is -1.37. The molecule has 1 aromatic rings. The van der Waals surface area contributed by atoms with Gasteiger partial charge in [0, 0.05) is 6.54 Å². The van der Waals surface area contributed by atoms with Crippen molar-refractivity contribution in [1.29, 1.82) is 0 Å². The first-order valence-electron chi connectivity index (χ1n) is 6.14. The summed E-state index contributed by atoms with van der Waals surface area (Å²) < 4.78 is 5.01. The molecule has 1 rings (SSSR count). The molecule has 0 saturated carbocycles. The maximum absolute atomic E-state index is 11.4. The predicted molar refractivity (Wildman–Crippen MR) is 74.5 cm³/mol. The largest absolute Gasteiger partial charge is 0.444 e. The van der Waals surface area contributed by atoms with E-state index < -0.39 is 23.9 Å². The van der Waals surface area contributed by atoms with E-state index in [1.54, 1.807) is 32.9 Å². The number of nitrogens with zero attached hydrogens (tertiary/aromatic N) is 1. The van der Waals surface area contributed by atoms with Gasteiger partial charge >= 0.3 is 6.09 Å². The van der Waals surface area contributed by atoms with Crippen molar-refractivity contribution in [2.24, 2.45) is 0 Å². The summed E-state index contributed by atoms with van der Waals surface area (Å²) in [5, 5.41) is 22.3. The Bertz CT molecular complexity index is 462. The Morgan fingerprint density at radius 1 is 1.45 bits per heavy atom. The minimum absolute atomic E-state index is 0.162. The number of carbonyl (C=O) groups is 1. The van der Waals surface area contributed by atoms with E-state index in [0.717, 1.165) is 0 Å². The monoisotopic (exact) mass is 302 g/mol. The Morgan fingerprint density at radius 3 is 2.65 bits per heavy atom. The number of hydrogen-bond acceptors (Lipinski definition) is 5. The predicted octanol–water partition coefficient (Wildman–Crippen LogP) is 1.65. The standard InChI is InChI=1S/C13H19ClN2O4/c1-13(2,3)20-12(19)15-7-9(17)11(18)8-5-4-6-10(14)16-8/h4-6,9,11,17-18H,7H2,1-3H3,(H,15,19). The Labute approximate surface area is 122 Å². The summed E-state index contributed by atoms with van der Waals surface area (Å²) in [6, 6.07) is 4.71. The van der Waals surface area contributed by atoms with Gasteiger partial charge in [-0.05, 0) is 32.9 Å². The van der Waals surface area contributed by atoms with Crippen LogP contribution in [0, 0.1) is 0 Å². The first-order valence-corrected chi connectivity index (χ1v) is 6.52. The van der Waals surface area contributed by atoms with E-state index in [0.29, 0.717) is 0 Å². The fraction of sp³-hybridized carbons (Fsp3) is 0.538. The second-order valence-corrected chi connectivity index (χ2v) is 5.67. The molecule has 2 unspecified atom stereocenters. The van der Waals surface area contributed by atoms with Crippen molar-refractivity contribution in [3.8, 4) is 0 Å². The zero-order valence-corrected chi connectivity index (χ0v) is 12.4. The SMILES string of the molecule is CC(C)(C)OC(=O)NCC(O)C(O)c1cccc(Cl)n1. The van der Waals surface area contributed by atoms with Crippen LogP contribution in [0.15, 0.2) is 18.2 Å².